The standard InChI is InChI=1S/C22H27N3O3/c1-27-21-11-17-5-2-4-16(17)10-18(21)14-25-8-9-28-15-20(25)12-22(26)24-19-6-3-7-23-13-19/h3,6-7,10-11,13,20H,2,4-5,8-9,12,14-15H2,1H3,(H,24,26)/t20-/m0/s1. The Morgan fingerprint density at radius 1 is 1.36 bits per heavy atom. The molecule has 0 spiro atoms. The second-order valence-corrected chi connectivity index (χ2v) is 7.48. The van der Waals surface area contributed by atoms with Gasteiger partial charge in [-0.25, -0.2) is 0 Å². The SMILES string of the molecule is COc1cc2c(cc1CN1CCOC[C@@H]1CC(=O)Nc1cccnc1)CCC2. The van der Waals surface area contributed by atoms with Gasteiger partial charge in [0.05, 0.1) is 32.2 Å². The third-order valence-corrected chi connectivity index (χ3v) is 5.58. The molecule has 1 aromatic carbocycles. The van der Waals surface area contributed by atoms with Crippen molar-refractivity contribution in [3.63, 3.8) is 0 Å². The summed E-state index contributed by atoms with van der Waals surface area (Å²) in [7, 11) is 1.73. The van der Waals surface area contributed by atoms with Gasteiger partial charge in [-0.3, -0.25) is 14.7 Å². The topological polar surface area (TPSA) is 63.7 Å². The number of carbonyl (C=O) groups excluding carboxylic acids is 1. The molecule has 0 unspecified atom stereocenters. The highest BCUT2D eigenvalue weighted by atomic mass is 16.5. The van der Waals surface area contributed by atoms with Crippen molar-refractivity contribution in [2.24, 2.45) is 0 Å². The molecule has 1 saturated heterocycles. The molecule has 0 bridgehead atoms. The van der Waals surface area contributed by atoms with Gasteiger partial charge in [0.1, 0.15) is 5.75 Å². The number of hydrogen-bond acceptors (Lipinski definition) is 5. The van der Waals surface area contributed by atoms with Crippen LogP contribution in [0.25, 0.3) is 0 Å². The summed E-state index contributed by atoms with van der Waals surface area (Å²) in [4.78, 5) is 18.9. The highest BCUT2D eigenvalue weighted by Crippen LogP contribution is 2.31. The van der Waals surface area contributed by atoms with E-state index < -0.39 is 0 Å². The summed E-state index contributed by atoms with van der Waals surface area (Å²) in [6.07, 6.45) is 7.24. The predicted octanol–water partition coefficient (Wildman–Crippen LogP) is 2.81. The number of anilines is 1. The Labute approximate surface area is 165 Å². The molecule has 2 aliphatic rings. The monoisotopic (exact) mass is 381 g/mol. The lowest BCUT2D eigenvalue weighted by atomic mass is 10.0. The first-order valence-corrected chi connectivity index (χ1v) is 9.93. The maximum atomic E-state index is 12.5. The van der Waals surface area contributed by atoms with E-state index in [9.17, 15) is 4.79 Å². The maximum absolute atomic E-state index is 12.5. The zero-order valence-electron chi connectivity index (χ0n) is 16.3. The summed E-state index contributed by atoms with van der Waals surface area (Å²) in [6.45, 7) is 2.83. The van der Waals surface area contributed by atoms with Crippen molar-refractivity contribution < 1.29 is 14.3 Å². The van der Waals surface area contributed by atoms with E-state index in [1.165, 1.54) is 23.1 Å². The molecule has 1 aliphatic carbocycles. The highest BCUT2D eigenvalue weighted by Gasteiger charge is 2.27. The van der Waals surface area contributed by atoms with Gasteiger partial charge in [-0.1, -0.05) is 6.07 Å². The van der Waals surface area contributed by atoms with Crippen LogP contribution in [0, 0.1) is 0 Å². The van der Waals surface area contributed by atoms with Gasteiger partial charge < -0.3 is 14.8 Å². The van der Waals surface area contributed by atoms with E-state index in [2.05, 4.69) is 27.3 Å². The molecule has 1 aromatic heterocycles. The largest absolute Gasteiger partial charge is 0.496 e. The lowest BCUT2D eigenvalue weighted by Gasteiger charge is -2.35. The molecule has 2 aromatic rings. The number of rotatable bonds is 6. The van der Waals surface area contributed by atoms with Crippen molar-refractivity contribution in [3.05, 3.63) is 53.3 Å². The first kappa shape index (κ1) is 18.9. The van der Waals surface area contributed by atoms with E-state index in [1.807, 2.05) is 12.1 Å². The fourth-order valence-corrected chi connectivity index (χ4v) is 4.13. The van der Waals surface area contributed by atoms with Gasteiger partial charge in [0.25, 0.3) is 0 Å². The van der Waals surface area contributed by atoms with E-state index in [0.717, 1.165) is 37.4 Å². The van der Waals surface area contributed by atoms with Gasteiger partial charge in [0, 0.05) is 37.3 Å². The Morgan fingerprint density at radius 3 is 3.00 bits per heavy atom. The van der Waals surface area contributed by atoms with Crippen LogP contribution in [0.15, 0.2) is 36.7 Å². The maximum Gasteiger partial charge on any atom is 0.226 e. The van der Waals surface area contributed by atoms with Crippen LogP contribution in [0.4, 0.5) is 5.69 Å². The number of aryl methyl sites for hydroxylation is 2. The van der Waals surface area contributed by atoms with Gasteiger partial charge in [0.15, 0.2) is 0 Å². The van der Waals surface area contributed by atoms with Gasteiger partial charge >= 0.3 is 0 Å². The number of amides is 1. The predicted molar refractivity (Wildman–Crippen MR) is 108 cm³/mol. The Bertz CT molecular complexity index is 825. The average Bonchev–Trinajstić information content (AvgIpc) is 3.17. The van der Waals surface area contributed by atoms with Crippen molar-refractivity contribution in [3.8, 4) is 5.75 Å². The summed E-state index contributed by atoms with van der Waals surface area (Å²) in [5, 5.41) is 2.92. The number of carbonyl (C=O) groups is 1. The lowest BCUT2D eigenvalue weighted by molar-refractivity contribution is -0.119. The molecule has 1 atom stereocenters. The van der Waals surface area contributed by atoms with Crippen molar-refractivity contribution in [1.29, 1.82) is 0 Å². The van der Waals surface area contributed by atoms with Gasteiger partial charge in [-0.15, -0.1) is 0 Å². The van der Waals surface area contributed by atoms with Crippen LogP contribution >= 0.6 is 0 Å². The van der Waals surface area contributed by atoms with Crippen LogP contribution in [0.5, 0.6) is 5.75 Å². The van der Waals surface area contributed by atoms with Crippen LogP contribution in [0.2, 0.25) is 0 Å². The molecule has 0 radical (unpaired) electrons. The third kappa shape index (κ3) is 4.34. The molecule has 4 rings (SSSR count). The van der Waals surface area contributed by atoms with Crippen LogP contribution in [0.3, 0.4) is 0 Å². The average molecular weight is 381 g/mol. The summed E-state index contributed by atoms with van der Waals surface area (Å²) in [6, 6.07) is 8.19. The zero-order chi connectivity index (χ0) is 19.3. The van der Waals surface area contributed by atoms with Crippen LogP contribution in [-0.2, 0) is 28.9 Å². The van der Waals surface area contributed by atoms with Crippen LogP contribution in [-0.4, -0.2) is 48.7 Å². The molecular weight excluding hydrogens is 354 g/mol. The Morgan fingerprint density at radius 2 is 2.21 bits per heavy atom. The first-order valence-electron chi connectivity index (χ1n) is 9.93. The van der Waals surface area contributed by atoms with Crippen molar-refractivity contribution in [2.75, 3.05) is 32.2 Å². The minimum atomic E-state index is -0.0191. The molecule has 1 aliphatic heterocycles. The smallest absolute Gasteiger partial charge is 0.226 e. The number of nitrogens with zero attached hydrogens (tertiary/aromatic N) is 2. The molecule has 148 valence electrons. The summed E-state index contributed by atoms with van der Waals surface area (Å²) >= 11 is 0. The first-order chi connectivity index (χ1) is 13.7. The summed E-state index contributed by atoms with van der Waals surface area (Å²) in [5.74, 6) is 0.931. The van der Waals surface area contributed by atoms with Crippen LogP contribution < -0.4 is 10.1 Å². The fourth-order valence-electron chi connectivity index (χ4n) is 4.13. The summed E-state index contributed by atoms with van der Waals surface area (Å²) < 4.78 is 11.3. The van der Waals surface area contributed by atoms with Gasteiger partial charge in [-0.05, 0) is 48.6 Å². The van der Waals surface area contributed by atoms with E-state index in [0.29, 0.717) is 19.6 Å². The van der Waals surface area contributed by atoms with Crippen molar-refractivity contribution in [1.82, 2.24) is 9.88 Å². The van der Waals surface area contributed by atoms with E-state index in [4.69, 9.17) is 9.47 Å². The quantitative estimate of drug-likeness (QED) is 0.834. The van der Waals surface area contributed by atoms with Gasteiger partial charge in [-0.2, -0.15) is 0 Å². The Balaban J connectivity index is 1.45. The minimum Gasteiger partial charge on any atom is -0.496 e. The number of hydrogen-bond donors (Lipinski definition) is 1. The number of benzene rings is 1. The Kier molecular flexibility index (Phi) is 5.88. The minimum absolute atomic E-state index is 0.0191. The number of aromatic nitrogens is 1. The van der Waals surface area contributed by atoms with Crippen molar-refractivity contribution >= 4 is 11.6 Å². The molecule has 1 N–H and O–H groups in total. The highest BCUT2D eigenvalue weighted by molar-refractivity contribution is 5.90. The molecule has 28 heavy (non-hydrogen) atoms. The fraction of sp³-hybridized carbons (Fsp3) is 0.455. The number of ether oxygens (including phenoxy) is 2. The number of morpholine rings is 1. The number of nitrogens with one attached hydrogen (secondary N) is 1. The molecule has 2 heterocycles. The van der Waals surface area contributed by atoms with E-state index in [1.54, 1.807) is 19.5 Å². The number of pyridine rings is 1. The lowest BCUT2D eigenvalue weighted by Crippen LogP contribution is -2.46. The molecule has 0 saturated carbocycles. The number of fused-ring (bicyclic) bond motifs is 1. The van der Waals surface area contributed by atoms with Crippen molar-refractivity contribution in [2.45, 2.75) is 38.3 Å². The summed E-state index contributed by atoms with van der Waals surface area (Å²) in [5.41, 5.74) is 4.77. The normalized spacial score (nSPS) is 19.2. The second-order valence-electron chi connectivity index (χ2n) is 7.48. The van der Waals surface area contributed by atoms with E-state index in [-0.39, 0.29) is 11.9 Å². The Hall–Kier alpha value is -2.44. The zero-order valence-corrected chi connectivity index (χ0v) is 16.3. The molecule has 6 heteroatoms. The molecule has 6 nitrogen and oxygen atoms in total. The van der Waals surface area contributed by atoms with Crippen LogP contribution in [0.1, 0.15) is 29.5 Å². The van der Waals surface area contributed by atoms with Gasteiger partial charge in [0.2, 0.25) is 5.91 Å². The number of methoxy groups -OCH3 is 1. The molecule has 1 fully saturated rings. The van der Waals surface area contributed by atoms with E-state index >= 15 is 0 Å². The molecular formula is C22H27N3O3. The second kappa shape index (κ2) is 8.71. The molecule has 1 amide bonds. The third-order valence-electron chi connectivity index (χ3n) is 5.58.